The van der Waals surface area contributed by atoms with Gasteiger partial charge in [0.1, 0.15) is 5.69 Å². The Morgan fingerprint density at radius 1 is 1.23 bits per heavy atom. The third kappa shape index (κ3) is 3.82. The summed E-state index contributed by atoms with van der Waals surface area (Å²) in [6, 6.07) is 4.71. The van der Waals surface area contributed by atoms with E-state index in [1.54, 1.807) is 30.3 Å². The maximum absolute atomic E-state index is 12.8. The standard InChI is InChI=1S/C19H22N4O3/c1-13-5-8-23(9-6-13)18(25)15-10-16(19(26)22(2)12-15)21-17(24)14-4-3-7-20-11-14/h3-4,7,10-13H,5-6,8-9H2,1-2H3,(H,21,24). The SMILES string of the molecule is CC1CCN(C(=O)c2cc(NC(=O)c3cccnc3)c(=O)n(C)c2)CC1. The second kappa shape index (κ2) is 7.51. The molecule has 1 aliphatic heterocycles. The minimum Gasteiger partial charge on any atom is -0.339 e. The van der Waals surface area contributed by atoms with Crippen LogP contribution in [-0.4, -0.2) is 39.4 Å². The largest absolute Gasteiger partial charge is 0.339 e. The summed E-state index contributed by atoms with van der Waals surface area (Å²) in [5.41, 5.74) is 0.447. The molecule has 0 aliphatic carbocycles. The number of nitrogens with zero attached hydrogens (tertiary/aromatic N) is 3. The van der Waals surface area contributed by atoms with Gasteiger partial charge < -0.3 is 14.8 Å². The number of carbonyl (C=O) groups excluding carboxylic acids is 2. The normalized spacial score (nSPS) is 14.9. The van der Waals surface area contributed by atoms with Crippen LogP contribution in [-0.2, 0) is 7.05 Å². The molecule has 3 heterocycles. The van der Waals surface area contributed by atoms with E-state index in [-0.39, 0.29) is 17.2 Å². The molecule has 26 heavy (non-hydrogen) atoms. The number of likely N-dealkylation sites (tertiary alicyclic amines) is 1. The monoisotopic (exact) mass is 354 g/mol. The second-order valence-corrected chi connectivity index (χ2v) is 6.73. The van der Waals surface area contributed by atoms with Crippen LogP contribution in [0.1, 0.15) is 40.5 Å². The summed E-state index contributed by atoms with van der Waals surface area (Å²) >= 11 is 0. The highest BCUT2D eigenvalue weighted by Crippen LogP contribution is 2.18. The molecule has 0 spiro atoms. The van der Waals surface area contributed by atoms with E-state index in [1.165, 1.54) is 23.0 Å². The lowest BCUT2D eigenvalue weighted by molar-refractivity contribution is 0.0696. The number of nitrogens with one attached hydrogen (secondary N) is 1. The Kier molecular flexibility index (Phi) is 5.16. The van der Waals surface area contributed by atoms with Gasteiger partial charge in [-0.25, -0.2) is 0 Å². The molecule has 0 bridgehead atoms. The van der Waals surface area contributed by atoms with Gasteiger partial charge in [-0.1, -0.05) is 6.92 Å². The summed E-state index contributed by atoms with van der Waals surface area (Å²) in [6.07, 6.45) is 6.45. The van der Waals surface area contributed by atoms with Crippen LogP contribution in [0.3, 0.4) is 0 Å². The van der Waals surface area contributed by atoms with Crippen molar-refractivity contribution in [1.82, 2.24) is 14.5 Å². The van der Waals surface area contributed by atoms with E-state index in [0.717, 1.165) is 12.8 Å². The molecule has 3 rings (SSSR count). The quantitative estimate of drug-likeness (QED) is 0.912. The summed E-state index contributed by atoms with van der Waals surface area (Å²) in [5, 5.41) is 2.59. The third-order valence-electron chi connectivity index (χ3n) is 4.67. The first kappa shape index (κ1) is 17.8. The fraction of sp³-hybridized carbons (Fsp3) is 0.368. The van der Waals surface area contributed by atoms with Crippen LogP contribution in [0.25, 0.3) is 0 Å². The molecule has 2 aromatic heterocycles. The Hall–Kier alpha value is -2.96. The van der Waals surface area contributed by atoms with E-state index in [9.17, 15) is 14.4 Å². The Morgan fingerprint density at radius 2 is 1.96 bits per heavy atom. The van der Waals surface area contributed by atoms with Crippen molar-refractivity contribution in [2.24, 2.45) is 13.0 Å². The minimum atomic E-state index is -0.438. The summed E-state index contributed by atoms with van der Waals surface area (Å²) in [5.74, 6) is 0.0597. The van der Waals surface area contributed by atoms with Gasteiger partial charge in [-0.2, -0.15) is 0 Å². The van der Waals surface area contributed by atoms with E-state index in [2.05, 4.69) is 17.2 Å². The zero-order valence-electron chi connectivity index (χ0n) is 14.9. The lowest BCUT2D eigenvalue weighted by Crippen LogP contribution is -2.38. The van der Waals surface area contributed by atoms with Gasteiger partial charge in [0, 0.05) is 38.7 Å². The highest BCUT2D eigenvalue weighted by Gasteiger charge is 2.23. The molecule has 7 heteroatoms. The first-order valence-electron chi connectivity index (χ1n) is 8.67. The van der Waals surface area contributed by atoms with Gasteiger partial charge in [0.25, 0.3) is 17.4 Å². The molecule has 1 aliphatic rings. The molecule has 2 amide bonds. The number of pyridine rings is 2. The number of aryl methyl sites for hydroxylation is 1. The maximum atomic E-state index is 12.8. The van der Waals surface area contributed by atoms with Crippen molar-refractivity contribution in [1.29, 1.82) is 0 Å². The number of amides is 2. The van der Waals surface area contributed by atoms with Crippen LogP contribution in [0.4, 0.5) is 5.69 Å². The minimum absolute atomic E-state index is 0.0811. The molecule has 1 saturated heterocycles. The average molecular weight is 354 g/mol. The van der Waals surface area contributed by atoms with Gasteiger partial charge in [-0.15, -0.1) is 0 Å². The smallest absolute Gasteiger partial charge is 0.274 e. The van der Waals surface area contributed by atoms with E-state index in [0.29, 0.717) is 30.1 Å². The van der Waals surface area contributed by atoms with Crippen molar-refractivity contribution in [3.63, 3.8) is 0 Å². The number of aromatic nitrogens is 2. The van der Waals surface area contributed by atoms with Gasteiger partial charge in [0.2, 0.25) is 0 Å². The highest BCUT2D eigenvalue weighted by molar-refractivity contribution is 6.04. The van der Waals surface area contributed by atoms with Crippen LogP contribution in [0, 0.1) is 5.92 Å². The summed E-state index contributed by atoms with van der Waals surface area (Å²) < 4.78 is 1.32. The molecule has 1 fully saturated rings. The Labute approximate surface area is 151 Å². The van der Waals surface area contributed by atoms with Crippen molar-refractivity contribution >= 4 is 17.5 Å². The zero-order chi connectivity index (χ0) is 18.7. The van der Waals surface area contributed by atoms with Crippen molar-refractivity contribution in [2.45, 2.75) is 19.8 Å². The van der Waals surface area contributed by atoms with Gasteiger partial charge in [-0.3, -0.25) is 19.4 Å². The molecule has 136 valence electrons. The summed E-state index contributed by atoms with van der Waals surface area (Å²) in [4.78, 5) is 43.1. The average Bonchev–Trinajstić information content (AvgIpc) is 2.66. The maximum Gasteiger partial charge on any atom is 0.274 e. The van der Waals surface area contributed by atoms with Crippen LogP contribution in [0.2, 0.25) is 0 Å². The molecule has 0 radical (unpaired) electrons. The summed E-state index contributed by atoms with van der Waals surface area (Å²) in [7, 11) is 1.57. The lowest BCUT2D eigenvalue weighted by Gasteiger charge is -2.30. The second-order valence-electron chi connectivity index (χ2n) is 6.73. The predicted molar refractivity (Wildman–Crippen MR) is 98.2 cm³/mol. The molecule has 0 aromatic carbocycles. The fourth-order valence-electron chi connectivity index (χ4n) is 3.00. The number of carbonyl (C=O) groups is 2. The lowest BCUT2D eigenvalue weighted by atomic mass is 9.99. The molecular formula is C19H22N4O3. The Balaban J connectivity index is 1.84. The number of hydrogen-bond donors (Lipinski definition) is 1. The van der Waals surface area contributed by atoms with Gasteiger partial charge in [0.05, 0.1) is 11.1 Å². The Morgan fingerprint density at radius 3 is 2.62 bits per heavy atom. The molecule has 2 aromatic rings. The zero-order valence-corrected chi connectivity index (χ0v) is 14.9. The first-order chi connectivity index (χ1) is 12.5. The van der Waals surface area contributed by atoms with Crippen LogP contribution in [0.5, 0.6) is 0 Å². The van der Waals surface area contributed by atoms with Crippen LogP contribution >= 0.6 is 0 Å². The van der Waals surface area contributed by atoms with Gasteiger partial charge in [-0.05, 0) is 37.0 Å². The van der Waals surface area contributed by atoms with Crippen LogP contribution in [0.15, 0.2) is 41.6 Å². The molecular weight excluding hydrogens is 332 g/mol. The molecule has 0 unspecified atom stereocenters. The number of hydrogen-bond acceptors (Lipinski definition) is 4. The van der Waals surface area contributed by atoms with E-state index in [1.807, 2.05) is 0 Å². The topological polar surface area (TPSA) is 84.3 Å². The first-order valence-corrected chi connectivity index (χ1v) is 8.67. The summed E-state index contributed by atoms with van der Waals surface area (Å²) in [6.45, 7) is 3.60. The number of piperidine rings is 1. The molecule has 1 N–H and O–H groups in total. The molecule has 0 atom stereocenters. The van der Waals surface area contributed by atoms with E-state index >= 15 is 0 Å². The molecule has 0 saturated carbocycles. The molecule has 7 nitrogen and oxygen atoms in total. The van der Waals surface area contributed by atoms with E-state index in [4.69, 9.17) is 0 Å². The van der Waals surface area contributed by atoms with Crippen molar-refractivity contribution in [2.75, 3.05) is 18.4 Å². The van der Waals surface area contributed by atoms with Crippen molar-refractivity contribution < 1.29 is 9.59 Å². The van der Waals surface area contributed by atoms with Crippen molar-refractivity contribution in [3.8, 4) is 0 Å². The predicted octanol–water partition coefficient (Wildman–Crippen LogP) is 1.90. The fourth-order valence-corrected chi connectivity index (χ4v) is 3.00. The third-order valence-corrected chi connectivity index (χ3v) is 4.67. The van der Waals surface area contributed by atoms with Gasteiger partial charge in [0.15, 0.2) is 0 Å². The number of anilines is 1. The Bertz CT molecular complexity index is 868. The van der Waals surface area contributed by atoms with Crippen LogP contribution < -0.4 is 10.9 Å². The van der Waals surface area contributed by atoms with Crippen molar-refractivity contribution in [3.05, 3.63) is 58.3 Å². The van der Waals surface area contributed by atoms with Gasteiger partial charge >= 0.3 is 0 Å². The number of rotatable bonds is 3. The highest BCUT2D eigenvalue weighted by atomic mass is 16.2. The van der Waals surface area contributed by atoms with E-state index < -0.39 is 5.91 Å².